The summed E-state index contributed by atoms with van der Waals surface area (Å²) < 4.78 is 36.1. The van der Waals surface area contributed by atoms with Crippen molar-refractivity contribution in [2.24, 2.45) is 11.8 Å². The van der Waals surface area contributed by atoms with Crippen molar-refractivity contribution in [3.8, 4) is 0 Å². The number of nitrogens with zero attached hydrogens (tertiary/aromatic N) is 2. The summed E-state index contributed by atoms with van der Waals surface area (Å²) in [4.78, 5) is 14.3. The van der Waals surface area contributed by atoms with Crippen LogP contribution in [-0.2, 0) is 24.3 Å². The lowest BCUT2D eigenvalue weighted by atomic mass is 9.92. The first-order valence-corrected chi connectivity index (χ1v) is 9.73. The molecule has 3 fully saturated rings. The van der Waals surface area contributed by atoms with E-state index < -0.39 is 10.0 Å². The number of hydrogen-bond acceptors (Lipinski definition) is 5. The predicted octanol–water partition coefficient (Wildman–Crippen LogP) is -0.468. The minimum absolute atomic E-state index is 0.0187. The van der Waals surface area contributed by atoms with Gasteiger partial charge in [0.2, 0.25) is 15.9 Å². The average molecular weight is 332 g/mol. The molecule has 0 spiro atoms. The molecule has 7 nitrogen and oxygen atoms in total. The molecule has 0 aromatic heterocycles. The van der Waals surface area contributed by atoms with Crippen molar-refractivity contribution in [1.29, 1.82) is 0 Å². The van der Waals surface area contributed by atoms with Crippen molar-refractivity contribution in [1.82, 2.24) is 9.21 Å². The standard InChI is InChI=1S/C14H24N2O5S/c1-22(18,19)16-5-7-21-13-9-15(4-2-11(13)8-16)14(17)12-3-6-20-10-12/h11-13H,2-10H2,1H3/t11-,12-,13-/m1/s1. The number of carbonyl (C=O) groups is 1. The van der Waals surface area contributed by atoms with Gasteiger partial charge in [-0.15, -0.1) is 0 Å². The molecule has 0 N–H and O–H groups in total. The maximum atomic E-state index is 12.5. The van der Waals surface area contributed by atoms with Crippen molar-refractivity contribution in [3.05, 3.63) is 0 Å². The smallest absolute Gasteiger partial charge is 0.228 e. The lowest BCUT2D eigenvalue weighted by Crippen LogP contribution is -2.51. The number of rotatable bonds is 2. The van der Waals surface area contributed by atoms with Crippen LogP contribution in [-0.4, -0.2) is 81.9 Å². The Balaban J connectivity index is 1.63. The Hall–Kier alpha value is -0.700. The Bertz CT molecular complexity index is 517. The maximum Gasteiger partial charge on any atom is 0.228 e. The van der Waals surface area contributed by atoms with Crippen LogP contribution in [0.5, 0.6) is 0 Å². The second kappa shape index (κ2) is 6.43. The third kappa shape index (κ3) is 3.45. The van der Waals surface area contributed by atoms with E-state index >= 15 is 0 Å². The summed E-state index contributed by atoms with van der Waals surface area (Å²) >= 11 is 0. The van der Waals surface area contributed by atoms with E-state index in [2.05, 4.69) is 0 Å². The molecule has 3 saturated heterocycles. The van der Waals surface area contributed by atoms with Crippen molar-refractivity contribution >= 4 is 15.9 Å². The van der Waals surface area contributed by atoms with Gasteiger partial charge < -0.3 is 14.4 Å². The van der Waals surface area contributed by atoms with Crippen molar-refractivity contribution in [2.75, 3.05) is 52.3 Å². The molecule has 3 aliphatic rings. The topological polar surface area (TPSA) is 76.2 Å². The van der Waals surface area contributed by atoms with Gasteiger partial charge in [0.15, 0.2) is 0 Å². The van der Waals surface area contributed by atoms with E-state index in [0.29, 0.717) is 46.0 Å². The van der Waals surface area contributed by atoms with Gasteiger partial charge in [-0.2, -0.15) is 4.31 Å². The highest BCUT2D eigenvalue weighted by Gasteiger charge is 2.38. The molecule has 22 heavy (non-hydrogen) atoms. The van der Waals surface area contributed by atoms with Crippen LogP contribution in [0, 0.1) is 11.8 Å². The van der Waals surface area contributed by atoms with Crippen LogP contribution in [0.15, 0.2) is 0 Å². The summed E-state index contributed by atoms with van der Waals surface area (Å²) in [6, 6.07) is 0. The fraction of sp³-hybridized carbons (Fsp3) is 0.929. The number of ether oxygens (including phenoxy) is 2. The van der Waals surface area contributed by atoms with Crippen LogP contribution in [0.2, 0.25) is 0 Å². The van der Waals surface area contributed by atoms with Crippen LogP contribution in [0.4, 0.5) is 0 Å². The van der Waals surface area contributed by atoms with Crippen molar-refractivity contribution in [3.63, 3.8) is 0 Å². The number of likely N-dealkylation sites (tertiary alicyclic amines) is 1. The number of amides is 1. The fourth-order valence-electron chi connectivity index (χ4n) is 3.51. The SMILES string of the molecule is CS(=O)(=O)N1CCO[C@@H]2CN(C(=O)[C@@H]3CCOC3)CC[C@@H]2C1. The fourth-order valence-corrected chi connectivity index (χ4v) is 4.38. The third-order valence-electron chi connectivity index (χ3n) is 4.87. The Morgan fingerprint density at radius 1 is 1.14 bits per heavy atom. The Morgan fingerprint density at radius 2 is 1.95 bits per heavy atom. The molecule has 8 heteroatoms. The molecule has 0 aliphatic carbocycles. The van der Waals surface area contributed by atoms with Gasteiger partial charge in [0.1, 0.15) is 0 Å². The second-order valence-electron chi connectivity index (χ2n) is 6.42. The highest BCUT2D eigenvalue weighted by molar-refractivity contribution is 7.88. The zero-order valence-corrected chi connectivity index (χ0v) is 13.8. The van der Waals surface area contributed by atoms with Gasteiger partial charge in [0.25, 0.3) is 0 Å². The van der Waals surface area contributed by atoms with E-state index in [4.69, 9.17) is 9.47 Å². The van der Waals surface area contributed by atoms with Crippen LogP contribution in [0.3, 0.4) is 0 Å². The molecule has 0 unspecified atom stereocenters. The molecular formula is C14H24N2O5S. The molecule has 1 amide bonds. The lowest BCUT2D eigenvalue weighted by Gasteiger charge is -2.38. The second-order valence-corrected chi connectivity index (χ2v) is 8.41. The molecule has 0 radical (unpaired) electrons. The molecule has 0 bridgehead atoms. The normalized spacial score (nSPS) is 34.2. The van der Waals surface area contributed by atoms with Crippen LogP contribution < -0.4 is 0 Å². The van der Waals surface area contributed by atoms with E-state index in [1.165, 1.54) is 10.6 Å². The molecule has 3 aliphatic heterocycles. The number of hydrogen-bond donors (Lipinski definition) is 0. The third-order valence-corrected chi connectivity index (χ3v) is 6.14. The highest BCUT2D eigenvalue weighted by atomic mass is 32.2. The van der Waals surface area contributed by atoms with Crippen LogP contribution in [0.25, 0.3) is 0 Å². The first-order valence-electron chi connectivity index (χ1n) is 7.88. The van der Waals surface area contributed by atoms with E-state index in [0.717, 1.165) is 12.8 Å². The zero-order chi connectivity index (χ0) is 15.7. The minimum atomic E-state index is -3.19. The first-order chi connectivity index (χ1) is 10.4. The van der Waals surface area contributed by atoms with Crippen LogP contribution >= 0.6 is 0 Å². The molecule has 3 atom stereocenters. The number of sulfonamides is 1. The van der Waals surface area contributed by atoms with Gasteiger partial charge in [0.05, 0.1) is 31.5 Å². The number of fused-ring (bicyclic) bond motifs is 1. The average Bonchev–Trinajstić information content (AvgIpc) is 2.91. The predicted molar refractivity (Wildman–Crippen MR) is 79.8 cm³/mol. The van der Waals surface area contributed by atoms with E-state index in [1.54, 1.807) is 0 Å². The number of piperidine rings is 1. The largest absolute Gasteiger partial charge is 0.381 e. The van der Waals surface area contributed by atoms with Gasteiger partial charge in [-0.05, 0) is 12.8 Å². The highest BCUT2D eigenvalue weighted by Crippen LogP contribution is 2.27. The van der Waals surface area contributed by atoms with E-state index in [1.807, 2.05) is 4.90 Å². The molecule has 126 valence electrons. The lowest BCUT2D eigenvalue weighted by molar-refractivity contribution is -0.141. The zero-order valence-electron chi connectivity index (χ0n) is 12.9. The maximum absolute atomic E-state index is 12.5. The summed E-state index contributed by atoms with van der Waals surface area (Å²) in [5, 5.41) is 0. The van der Waals surface area contributed by atoms with Crippen LogP contribution in [0.1, 0.15) is 12.8 Å². The van der Waals surface area contributed by atoms with Crippen molar-refractivity contribution in [2.45, 2.75) is 18.9 Å². The molecule has 3 rings (SSSR count). The molecule has 0 saturated carbocycles. The summed E-state index contributed by atoms with van der Waals surface area (Å²) in [7, 11) is -3.19. The Labute approximate surface area is 131 Å². The summed E-state index contributed by atoms with van der Waals surface area (Å²) in [5.74, 6) is 0.305. The summed E-state index contributed by atoms with van der Waals surface area (Å²) in [5.41, 5.74) is 0. The van der Waals surface area contributed by atoms with Gasteiger partial charge in [-0.3, -0.25) is 4.79 Å². The molecule has 0 aromatic carbocycles. The molecular weight excluding hydrogens is 308 g/mol. The van der Waals surface area contributed by atoms with Gasteiger partial charge in [0, 0.05) is 38.7 Å². The monoisotopic (exact) mass is 332 g/mol. The summed E-state index contributed by atoms with van der Waals surface area (Å²) in [6.45, 7) is 3.72. The minimum Gasteiger partial charge on any atom is -0.381 e. The van der Waals surface area contributed by atoms with E-state index in [9.17, 15) is 13.2 Å². The van der Waals surface area contributed by atoms with Gasteiger partial charge >= 0.3 is 0 Å². The Kier molecular flexibility index (Phi) is 4.72. The summed E-state index contributed by atoms with van der Waals surface area (Å²) in [6.07, 6.45) is 2.76. The number of carbonyl (C=O) groups excluding carboxylic acids is 1. The molecule has 3 heterocycles. The quantitative estimate of drug-likeness (QED) is 0.683. The van der Waals surface area contributed by atoms with E-state index in [-0.39, 0.29) is 23.8 Å². The molecule has 0 aromatic rings. The Morgan fingerprint density at radius 3 is 2.64 bits per heavy atom. The van der Waals surface area contributed by atoms with Crippen molar-refractivity contribution < 1.29 is 22.7 Å². The van der Waals surface area contributed by atoms with Gasteiger partial charge in [-0.25, -0.2) is 8.42 Å². The first kappa shape index (κ1) is 16.2. The van der Waals surface area contributed by atoms with Gasteiger partial charge in [-0.1, -0.05) is 0 Å².